The monoisotopic (exact) mass is 341 g/mol. The first-order valence-electron chi connectivity index (χ1n) is 9.27. The number of rotatable bonds is 5. The number of nitrogens with one attached hydrogen (secondary N) is 1. The molecule has 1 aromatic heterocycles. The third kappa shape index (κ3) is 3.25. The topological polar surface area (TPSA) is 50.4 Å². The van der Waals surface area contributed by atoms with Gasteiger partial charge >= 0.3 is 0 Å². The van der Waals surface area contributed by atoms with Crippen molar-refractivity contribution in [3.05, 3.63) is 41.5 Å². The number of imidazole rings is 1. The predicted molar refractivity (Wildman–Crippen MR) is 97.2 cm³/mol. The van der Waals surface area contributed by atoms with Gasteiger partial charge in [0.15, 0.2) is 0 Å². The summed E-state index contributed by atoms with van der Waals surface area (Å²) in [4.78, 5) is 10.6. The number of hydrogen-bond donors (Lipinski definition) is 1. The van der Waals surface area contributed by atoms with Crippen LogP contribution in [0.3, 0.4) is 0 Å². The second kappa shape index (κ2) is 7.08. The van der Waals surface area contributed by atoms with Gasteiger partial charge in [0.25, 0.3) is 0 Å². The zero-order valence-corrected chi connectivity index (χ0v) is 15.1. The molecule has 1 aliphatic carbocycles. The lowest BCUT2D eigenvalue weighted by Crippen LogP contribution is -2.39. The number of aromatic nitrogens is 2. The van der Waals surface area contributed by atoms with E-state index in [1.807, 2.05) is 12.4 Å². The van der Waals surface area contributed by atoms with Crippen molar-refractivity contribution in [2.75, 3.05) is 27.3 Å². The van der Waals surface area contributed by atoms with Crippen LogP contribution in [0.25, 0.3) is 0 Å². The number of benzene rings is 1. The highest BCUT2D eigenvalue weighted by atomic mass is 16.5. The Kier molecular flexibility index (Phi) is 4.66. The smallest absolute Gasteiger partial charge is 0.122 e. The molecule has 1 atom stereocenters. The van der Waals surface area contributed by atoms with Gasteiger partial charge in [-0.15, -0.1) is 0 Å². The normalized spacial score (nSPS) is 21.3. The molecule has 1 saturated carbocycles. The molecule has 134 valence electrons. The summed E-state index contributed by atoms with van der Waals surface area (Å²) in [6.07, 6.45) is 8.34. The van der Waals surface area contributed by atoms with Crippen LogP contribution in [0, 0.1) is 5.92 Å². The zero-order chi connectivity index (χ0) is 17.2. The van der Waals surface area contributed by atoms with Gasteiger partial charge in [0.05, 0.1) is 32.3 Å². The van der Waals surface area contributed by atoms with Crippen LogP contribution in [0.5, 0.6) is 11.5 Å². The molecular weight excluding hydrogens is 314 g/mol. The highest BCUT2D eigenvalue weighted by Crippen LogP contribution is 2.38. The molecule has 1 aliphatic heterocycles. The summed E-state index contributed by atoms with van der Waals surface area (Å²) < 4.78 is 11.0. The number of nitrogens with zero attached hydrogens (tertiary/aromatic N) is 2. The molecular formula is C20H27N3O2. The number of H-pyrrole nitrogens is 1. The molecule has 2 aliphatic rings. The highest BCUT2D eigenvalue weighted by molar-refractivity contribution is 5.43. The Balaban J connectivity index is 1.71. The molecule has 5 heteroatoms. The van der Waals surface area contributed by atoms with Gasteiger partial charge in [-0.25, -0.2) is 4.98 Å². The van der Waals surface area contributed by atoms with Gasteiger partial charge in [0, 0.05) is 31.3 Å². The average molecular weight is 341 g/mol. The first-order valence-corrected chi connectivity index (χ1v) is 9.27. The van der Waals surface area contributed by atoms with Gasteiger partial charge in [-0.2, -0.15) is 0 Å². The summed E-state index contributed by atoms with van der Waals surface area (Å²) >= 11 is 0. The standard InChI is InChI=1S/C20H27N3O2/c1-24-16-9-15(10-17(11-16)25-2)20-19-18(21-13-22-19)7-8-23(20)12-14-5-3-4-6-14/h9-11,13-14,20H,3-8,12H2,1-2H3,(H,21,22). The molecule has 1 N–H and O–H groups in total. The first-order chi connectivity index (χ1) is 12.3. The Labute approximate surface area is 149 Å². The van der Waals surface area contributed by atoms with E-state index in [2.05, 4.69) is 27.0 Å². The molecule has 2 heterocycles. The Morgan fingerprint density at radius 3 is 2.52 bits per heavy atom. The lowest BCUT2D eigenvalue weighted by atomic mass is 9.93. The zero-order valence-electron chi connectivity index (χ0n) is 15.1. The molecule has 2 aromatic rings. The largest absolute Gasteiger partial charge is 0.497 e. The van der Waals surface area contributed by atoms with Gasteiger partial charge < -0.3 is 14.5 Å². The van der Waals surface area contributed by atoms with Crippen LogP contribution in [0.4, 0.5) is 0 Å². The van der Waals surface area contributed by atoms with Crippen molar-refractivity contribution in [2.24, 2.45) is 5.92 Å². The molecule has 5 nitrogen and oxygen atoms in total. The lowest BCUT2D eigenvalue weighted by Gasteiger charge is -2.37. The van der Waals surface area contributed by atoms with Crippen molar-refractivity contribution in [1.29, 1.82) is 0 Å². The van der Waals surface area contributed by atoms with Crippen LogP contribution in [-0.4, -0.2) is 42.2 Å². The Morgan fingerprint density at radius 2 is 1.84 bits per heavy atom. The summed E-state index contributed by atoms with van der Waals surface area (Å²) in [5.41, 5.74) is 3.61. The van der Waals surface area contributed by atoms with E-state index in [4.69, 9.17) is 9.47 Å². The SMILES string of the molecule is COc1cc(OC)cc(C2c3nc[nH]c3CCN2CC2CCCC2)c1. The quantitative estimate of drug-likeness (QED) is 0.903. The molecule has 4 rings (SSSR count). The van der Waals surface area contributed by atoms with E-state index < -0.39 is 0 Å². The van der Waals surface area contributed by atoms with Crippen molar-refractivity contribution < 1.29 is 9.47 Å². The van der Waals surface area contributed by atoms with E-state index in [9.17, 15) is 0 Å². The van der Waals surface area contributed by atoms with E-state index in [-0.39, 0.29) is 6.04 Å². The van der Waals surface area contributed by atoms with Gasteiger partial charge in [0.1, 0.15) is 11.5 Å². The van der Waals surface area contributed by atoms with E-state index in [1.54, 1.807) is 14.2 Å². The van der Waals surface area contributed by atoms with Crippen LogP contribution in [-0.2, 0) is 6.42 Å². The van der Waals surface area contributed by atoms with Crippen LogP contribution < -0.4 is 9.47 Å². The number of aromatic amines is 1. The van der Waals surface area contributed by atoms with Gasteiger partial charge in [0.2, 0.25) is 0 Å². The summed E-state index contributed by atoms with van der Waals surface area (Å²) in [6.45, 7) is 2.21. The molecule has 0 amide bonds. The second-order valence-electron chi connectivity index (χ2n) is 7.21. The van der Waals surface area contributed by atoms with E-state index >= 15 is 0 Å². The van der Waals surface area contributed by atoms with E-state index in [0.717, 1.165) is 42.6 Å². The maximum absolute atomic E-state index is 5.50. The Hall–Kier alpha value is -2.01. The van der Waals surface area contributed by atoms with Crippen LogP contribution in [0.2, 0.25) is 0 Å². The minimum Gasteiger partial charge on any atom is -0.497 e. The van der Waals surface area contributed by atoms with Crippen molar-refractivity contribution in [3.8, 4) is 11.5 Å². The van der Waals surface area contributed by atoms with E-state index in [1.165, 1.54) is 36.9 Å². The van der Waals surface area contributed by atoms with E-state index in [0.29, 0.717) is 0 Å². The molecule has 1 unspecified atom stereocenters. The molecule has 0 radical (unpaired) electrons. The maximum atomic E-state index is 5.50. The average Bonchev–Trinajstić information content (AvgIpc) is 3.32. The Bertz CT molecular complexity index is 699. The summed E-state index contributed by atoms with van der Waals surface area (Å²) in [5, 5.41) is 0. The van der Waals surface area contributed by atoms with Gasteiger partial charge in [-0.05, 0) is 36.5 Å². The highest BCUT2D eigenvalue weighted by Gasteiger charge is 2.33. The Morgan fingerprint density at radius 1 is 1.12 bits per heavy atom. The fraction of sp³-hybridized carbons (Fsp3) is 0.550. The molecule has 25 heavy (non-hydrogen) atoms. The third-order valence-electron chi connectivity index (χ3n) is 5.68. The number of fused-ring (bicyclic) bond motifs is 1. The van der Waals surface area contributed by atoms with Crippen LogP contribution >= 0.6 is 0 Å². The van der Waals surface area contributed by atoms with Crippen molar-refractivity contribution >= 4 is 0 Å². The van der Waals surface area contributed by atoms with Crippen molar-refractivity contribution in [2.45, 2.75) is 38.1 Å². The third-order valence-corrected chi connectivity index (χ3v) is 5.68. The molecule has 1 fully saturated rings. The summed E-state index contributed by atoms with van der Waals surface area (Å²) in [6, 6.07) is 6.34. The predicted octanol–water partition coefficient (Wildman–Crippen LogP) is 3.56. The second-order valence-corrected chi connectivity index (χ2v) is 7.21. The number of methoxy groups -OCH3 is 2. The summed E-state index contributed by atoms with van der Waals surface area (Å²) in [7, 11) is 3.41. The molecule has 0 spiro atoms. The van der Waals surface area contributed by atoms with Crippen molar-refractivity contribution in [1.82, 2.24) is 14.9 Å². The molecule has 1 aromatic carbocycles. The van der Waals surface area contributed by atoms with Crippen LogP contribution in [0.1, 0.15) is 48.7 Å². The number of ether oxygens (including phenoxy) is 2. The summed E-state index contributed by atoms with van der Waals surface area (Å²) in [5.74, 6) is 2.48. The minimum atomic E-state index is 0.166. The fourth-order valence-electron chi connectivity index (χ4n) is 4.40. The maximum Gasteiger partial charge on any atom is 0.122 e. The lowest BCUT2D eigenvalue weighted by molar-refractivity contribution is 0.177. The minimum absolute atomic E-state index is 0.166. The molecule has 0 bridgehead atoms. The molecule has 0 saturated heterocycles. The first kappa shape index (κ1) is 16.5. The van der Waals surface area contributed by atoms with Crippen LogP contribution in [0.15, 0.2) is 24.5 Å². The fourth-order valence-corrected chi connectivity index (χ4v) is 4.40. The van der Waals surface area contributed by atoms with Gasteiger partial charge in [-0.1, -0.05) is 12.8 Å². The van der Waals surface area contributed by atoms with Gasteiger partial charge in [-0.3, -0.25) is 4.90 Å². The number of hydrogen-bond acceptors (Lipinski definition) is 4. The van der Waals surface area contributed by atoms with Crippen molar-refractivity contribution in [3.63, 3.8) is 0 Å².